The summed E-state index contributed by atoms with van der Waals surface area (Å²) in [7, 11) is 0. The topological polar surface area (TPSA) is 16.4 Å². The number of fused-ring (bicyclic) bond motifs is 10. The van der Waals surface area contributed by atoms with Crippen LogP contribution in [0.5, 0.6) is 0 Å². The van der Waals surface area contributed by atoms with Gasteiger partial charge in [0.1, 0.15) is 11.2 Å². The van der Waals surface area contributed by atoms with Crippen molar-refractivity contribution in [3.05, 3.63) is 164 Å². The molecule has 0 N–H and O–H groups in total. The molecule has 0 fully saturated rings. The maximum absolute atomic E-state index is 6.90. The summed E-state index contributed by atoms with van der Waals surface area (Å²) in [5.41, 5.74) is 7.67. The molecule has 2 heterocycles. The first-order valence-electron chi connectivity index (χ1n) is 15.9. The second-order valence-corrected chi connectivity index (χ2v) is 13.2. The van der Waals surface area contributed by atoms with E-state index in [1.165, 1.54) is 47.5 Å². The molecule has 0 aliphatic carbocycles. The van der Waals surface area contributed by atoms with Crippen LogP contribution in [0.3, 0.4) is 0 Å². The highest BCUT2D eigenvalue weighted by molar-refractivity contribution is 7.26. The molecular formula is C44H27NOS. The smallest absolute Gasteiger partial charge is 0.144 e. The largest absolute Gasteiger partial charge is 0.455 e. The van der Waals surface area contributed by atoms with Crippen LogP contribution in [0.1, 0.15) is 0 Å². The lowest BCUT2D eigenvalue weighted by Gasteiger charge is -2.27. The molecule has 10 aromatic rings. The van der Waals surface area contributed by atoms with E-state index in [0.29, 0.717) is 0 Å². The SMILES string of the molecule is c1ccc(N(c2cccc(-c3cccc4ccccc34)c2)c2cccc3sc4ccc5c6ccc7ccccc7c6oc5c4c23)cc1. The molecule has 0 unspecified atom stereocenters. The average Bonchev–Trinajstić information content (AvgIpc) is 3.71. The number of thiophene rings is 1. The van der Waals surface area contributed by atoms with E-state index >= 15 is 0 Å². The molecule has 0 bridgehead atoms. The number of rotatable bonds is 4. The van der Waals surface area contributed by atoms with Gasteiger partial charge in [-0.15, -0.1) is 11.3 Å². The van der Waals surface area contributed by atoms with Crippen LogP contribution in [0, 0.1) is 0 Å². The lowest BCUT2D eigenvalue weighted by molar-refractivity contribution is 0.677. The fraction of sp³-hybridized carbons (Fsp3) is 0. The van der Waals surface area contributed by atoms with E-state index in [1.54, 1.807) is 0 Å². The number of nitrogens with zero attached hydrogens (tertiary/aromatic N) is 1. The molecule has 0 aliphatic heterocycles. The molecule has 10 rings (SSSR count). The van der Waals surface area contributed by atoms with Crippen LogP contribution >= 0.6 is 11.3 Å². The number of benzene rings is 8. The minimum Gasteiger partial charge on any atom is -0.455 e. The molecule has 0 amide bonds. The second-order valence-electron chi connectivity index (χ2n) is 12.1. The lowest BCUT2D eigenvalue weighted by Crippen LogP contribution is -2.10. The Balaban J connectivity index is 1.26. The first kappa shape index (κ1) is 26.3. The third-order valence-corrected chi connectivity index (χ3v) is 10.5. The van der Waals surface area contributed by atoms with Gasteiger partial charge in [-0.2, -0.15) is 0 Å². The Bertz CT molecular complexity index is 2800. The van der Waals surface area contributed by atoms with Crippen LogP contribution in [-0.4, -0.2) is 0 Å². The molecule has 0 saturated carbocycles. The summed E-state index contributed by atoms with van der Waals surface area (Å²) in [4.78, 5) is 2.40. The second kappa shape index (κ2) is 10.3. The van der Waals surface area contributed by atoms with E-state index in [-0.39, 0.29) is 0 Å². The number of anilines is 3. The monoisotopic (exact) mass is 617 g/mol. The van der Waals surface area contributed by atoms with Gasteiger partial charge in [0.2, 0.25) is 0 Å². The van der Waals surface area contributed by atoms with E-state index < -0.39 is 0 Å². The van der Waals surface area contributed by atoms with E-state index in [4.69, 9.17) is 4.42 Å². The van der Waals surface area contributed by atoms with Crippen molar-refractivity contribution < 1.29 is 4.42 Å². The zero-order chi connectivity index (χ0) is 30.9. The average molecular weight is 618 g/mol. The van der Waals surface area contributed by atoms with Crippen molar-refractivity contribution in [3.63, 3.8) is 0 Å². The molecule has 0 atom stereocenters. The van der Waals surface area contributed by atoms with Gasteiger partial charge in [-0.25, -0.2) is 0 Å². The van der Waals surface area contributed by atoms with Crippen molar-refractivity contribution in [1.82, 2.24) is 0 Å². The standard InChI is InChI=1S/C44H27NOS/c1-2-15-31(16-3-1)45(32-17-8-14-30(27-32)34-20-9-13-28-11-4-6-18-33(28)34)38-21-10-22-39-41(38)42-40(47-39)26-25-37-36-24-23-29-12-5-7-19-35(29)43(36)46-44(37)42/h1-27H. The van der Waals surface area contributed by atoms with Gasteiger partial charge in [0.15, 0.2) is 0 Å². The van der Waals surface area contributed by atoms with Crippen LogP contribution in [0.15, 0.2) is 168 Å². The molecule has 0 saturated heterocycles. The van der Waals surface area contributed by atoms with Gasteiger partial charge >= 0.3 is 0 Å². The Hall–Kier alpha value is -5.90. The molecule has 0 spiro atoms. The predicted molar refractivity (Wildman–Crippen MR) is 202 cm³/mol. The van der Waals surface area contributed by atoms with Crippen LogP contribution < -0.4 is 4.90 Å². The quantitative estimate of drug-likeness (QED) is 0.195. The van der Waals surface area contributed by atoms with E-state index in [9.17, 15) is 0 Å². The van der Waals surface area contributed by atoms with Gasteiger partial charge in [-0.3, -0.25) is 0 Å². The molecule has 3 heteroatoms. The summed E-state index contributed by atoms with van der Waals surface area (Å²) in [5, 5.41) is 9.51. The summed E-state index contributed by atoms with van der Waals surface area (Å²) in [5.74, 6) is 0. The highest BCUT2D eigenvalue weighted by Gasteiger charge is 2.22. The van der Waals surface area contributed by atoms with Gasteiger partial charge in [0.05, 0.1) is 5.69 Å². The third kappa shape index (κ3) is 4.04. The zero-order valence-corrected chi connectivity index (χ0v) is 26.2. The first-order chi connectivity index (χ1) is 23.3. The van der Waals surface area contributed by atoms with Crippen molar-refractivity contribution in [2.24, 2.45) is 0 Å². The number of hydrogen-bond donors (Lipinski definition) is 0. The van der Waals surface area contributed by atoms with Gasteiger partial charge < -0.3 is 9.32 Å². The van der Waals surface area contributed by atoms with Crippen molar-refractivity contribution in [2.75, 3.05) is 4.90 Å². The molecule has 8 aromatic carbocycles. The Morgan fingerprint density at radius 3 is 1.98 bits per heavy atom. The molecule has 2 nitrogen and oxygen atoms in total. The Morgan fingerprint density at radius 2 is 1.09 bits per heavy atom. The zero-order valence-electron chi connectivity index (χ0n) is 25.4. The normalized spacial score (nSPS) is 11.8. The van der Waals surface area contributed by atoms with Crippen molar-refractivity contribution >= 4 is 92.1 Å². The maximum Gasteiger partial charge on any atom is 0.144 e. The molecule has 47 heavy (non-hydrogen) atoms. The third-order valence-electron chi connectivity index (χ3n) is 9.43. The molecule has 0 radical (unpaired) electrons. The van der Waals surface area contributed by atoms with E-state index in [1.807, 2.05) is 11.3 Å². The number of para-hydroxylation sites is 1. The van der Waals surface area contributed by atoms with Crippen molar-refractivity contribution in [1.29, 1.82) is 0 Å². The summed E-state index contributed by atoms with van der Waals surface area (Å²) in [6.07, 6.45) is 0. The van der Waals surface area contributed by atoms with Crippen molar-refractivity contribution in [3.8, 4) is 11.1 Å². The Kier molecular flexibility index (Phi) is 5.78. The molecule has 2 aromatic heterocycles. The molecule has 220 valence electrons. The first-order valence-corrected chi connectivity index (χ1v) is 16.7. The Labute approximate surface area is 275 Å². The fourth-order valence-corrected chi connectivity index (χ4v) is 8.45. The van der Waals surface area contributed by atoms with Crippen LogP contribution in [0.4, 0.5) is 17.1 Å². The lowest BCUT2D eigenvalue weighted by atomic mass is 9.97. The van der Waals surface area contributed by atoms with Crippen molar-refractivity contribution in [2.45, 2.75) is 0 Å². The predicted octanol–water partition coefficient (Wildman–Crippen LogP) is 13.4. The Morgan fingerprint density at radius 1 is 0.426 bits per heavy atom. The van der Waals surface area contributed by atoms with Crippen LogP contribution in [0.25, 0.3) is 74.8 Å². The molecule has 0 aliphatic rings. The number of hydrogen-bond acceptors (Lipinski definition) is 3. The minimum atomic E-state index is 0.949. The van der Waals surface area contributed by atoms with Gasteiger partial charge in [-0.1, -0.05) is 109 Å². The fourth-order valence-electron chi connectivity index (χ4n) is 7.33. The van der Waals surface area contributed by atoms with E-state index in [0.717, 1.165) is 44.4 Å². The highest BCUT2D eigenvalue weighted by Crippen LogP contribution is 2.49. The molecular weight excluding hydrogens is 591 g/mol. The van der Waals surface area contributed by atoms with Gasteiger partial charge in [-0.05, 0) is 81.9 Å². The summed E-state index contributed by atoms with van der Waals surface area (Å²) >= 11 is 1.83. The summed E-state index contributed by atoms with van der Waals surface area (Å²) in [6, 6.07) is 58.9. The number of furan rings is 1. The summed E-state index contributed by atoms with van der Waals surface area (Å²) < 4.78 is 9.36. The maximum atomic E-state index is 6.90. The van der Waals surface area contributed by atoms with Crippen LogP contribution in [-0.2, 0) is 0 Å². The van der Waals surface area contributed by atoms with Crippen LogP contribution in [0.2, 0.25) is 0 Å². The minimum absolute atomic E-state index is 0.949. The van der Waals surface area contributed by atoms with Gasteiger partial charge in [0.25, 0.3) is 0 Å². The highest BCUT2D eigenvalue weighted by atomic mass is 32.1. The van der Waals surface area contributed by atoms with Gasteiger partial charge in [0, 0.05) is 47.7 Å². The summed E-state index contributed by atoms with van der Waals surface area (Å²) in [6.45, 7) is 0. The van der Waals surface area contributed by atoms with E-state index in [2.05, 4.69) is 169 Å².